The van der Waals surface area contributed by atoms with Crippen molar-refractivity contribution in [2.75, 3.05) is 26.8 Å². The first-order valence-electron chi connectivity index (χ1n) is 7.00. The lowest BCUT2D eigenvalue weighted by Gasteiger charge is -2.17. The van der Waals surface area contributed by atoms with E-state index >= 15 is 0 Å². The third kappa shape index (κ3) is 6.08. The Balaban J connectivity index is 2.51. The van der Waals surface area contributed by atoms with Gasteiger partial charge in [-0.25, -0.2) is 0 Å². The first-order valence-corrected chi connectivity index (χ1v) is 7.00. The average molecular weight is 265 g/mol. The molecule has 0 radical (unpaired) electrons. The van der Waals surface area contributed by atoms with E-state index in [0.29, 0.717) is 5.92 Å². The van der Waals surface area contributed by atoms with Gasteiger partial charge in [0.15, 0.2) is 0 Å². The SMILES string of the molecule is COCCNCC(C)Oc1cc(C)cc(C(C)C)c1. The summed E-state index contributed by atoms with van der Waals surface area (Å²) < 4.78 is 11.0. The fraction of sp³-hybridized carbons (Fsp3) is 0.625. The van der Waals surface area contributed by atoms with Crippen molar-refractivity contribution in [3.8, 4) is 5.75 Å². The Kier molecular flexibility index (Phi) is 6.89. The number of methoxy groups -OCH3 is 1. The molecule has 19 heavy (non-hydrogen) atoms. The van der Waals surface area contributed by atoms with E-state index in [1.807, 2.05) is 0 Å². The third-order valence-electron chi connectivity index (χ3n) is 2.99. The van der Waals surface area contributed by atoms with Crippen molar-refractivity contribution in [2.45, 2.75) is 39.7 Å². The van der Waals surface area contributed by atoms with Crippen LogP contribution in [0.3, 0.4) is 0 Å². The minimum atomic E-state index is 0.152. The molecule has 1 aromatic carbocycles. The summed E-state index contributed by atoms with van der Waals surface area (Å²) in [5, 5.41) is 3.31. The van der Waals surface area contributed by atoms with E-state index in [1.165, 1.54) is 11.1 Å². The zero-order valence-electron chi connectivity index (χ0n) is 12.8. The van der Waals surface area contributed by atoms with Crippen molar-refractivity contribution in [3.63, 3.8) is 0 Å². The Morgan fingerprint density at radius 3 is 2.53 bits per heavy atom. The fourth-order valence-electron chi connectivity index (χ4n) is 1.93. The van der Waals surface area contributed by atoms with Crippen LogP contribution in [0.5, 0.6) is 5.75 Å². The van der Waals surface area contributed by atoms with Crippen LogP contribution in [0.25, 0.3) is 0 Å². The number of rotatable bonds is 8. The van der Waals surface area contributed by atoms with Crippen molar-refractivity contribution in [2.24, 2.45) is 0 Å². The topological polar surface area (TPSA) is 30.5 Å². The molecule has 3 heteroatoms. The summed E-state index contributed by atoms with van der Waals surface area (Å²) in [4.78, 5) is 0. The monoisotopic (exact) mass is 265 g/mol. The Morgan fingerprint density at radius 2 is 1.89 bits per heavy atom. The summed E-state index contributed by atoms with van der Waals surface area (Å²) in [6.07, 6.45) is 0.152. The molecule has 3 nitrogen and oxygen atoms in total. The quantitative estimate of drug-likeness (QED) is 0.733. The molecule has 1 N–H and O–H groups in total. The first-order chi connectivity index (χ1) is 9.02. The van der Waals surface area contributed by atoms with Crippen LogP contribution < -0.4 is 10.1 Å². The minimum absolute atomic E-state index is 0.152. The molecule has 0 bridgehead atoms. The van der Waals surface area contributed by atoms with Gasteiger partial charge in [0.05, 0.1) is 6.61 Å². The van der Waals surface area contributed by atoms with Gasteiger partial charge in [-0.05, 0) is 43.0 Å². The van der Waals surface area contributed by atoms with Gasteiger partial charge in [-0.15, -0.1) is 0 Å². The van der Waals surface area contributed by atoms with Crippen LogP contribution in [0.4, 0.5) is 0 Å². The molecular formula is C16H27NO2. The van der Waals surface area contributed by atoms with E-state index in [1.54, 1.807) is 7.11 Å². The van der Waals surface area contributed by atoms with E-state index in [4.69, 9.17) is 9.47 Å². The molecule has 1 unspecified atom stereocenters. The second kappa shape index (κ2) is 8.18. The molecule has 0 aliphatic rings. The van der Waals surface area contributed by atoms with E-state index in [2.05, 4.69) is 51.2 Å². The predicted octanol–water partition coefficient (Wildman–Crippen LogP) is 3.12. The number of hydrogen-bond acceptors (Lipinski definition) is 3. The summed E-state index contributed by atoms with van der Waals surface area (Å²) in [7, 11) is 1.71. The summed E-state index contributed by atoms with van der Waals surface area (Å²) in [6, 6.07) is 6.46. The highest BCUT2D eigenvalue weighted by Crippen LogP contribution is 2.23. The van der Waals surface area contributed by atoms with E-state index in [-0.39, 0.29) is 6.10 Å². The molecule has 0 spiro atoms. The van der Waals surface area contributed by atoms with E-state index in [9.17, 15) is 0 Å². The van der Waals surface area contributed by atoms with E-state index < -0.39 is 0 Å². The van der Waals surface area contributed by atoms with Gasteiger partial charge < -0.3 is 14.8 Å². The van der Waals surface area contributed by atoms with Gasteiger partial charge in [0.25, 0.3) is 0 Å². The lowest BCUT2D eigenvalue weighted by Crippen LogP contribution is -2.31. The molecule has 0 aliphatic carbocycles. The molecule has 108 valence electrons. The number of benzene rings is 1. The minimum Gasteiger partial charge on any atom is -0.489 e. The van der Waals surface area contributed by atoms with Gasteiger partial charge in [0, 0.05) is 20.2 Å². The third-order valence-corrected chi connectivity index (χ3v) is 2.99. The van der Waals surface area contributed by atoms with Gasteiger partial charge in [0.1, 0.15) is 11.9 Å². The molecule has 0 heterocycles. The van der Waals surface area contributed by atoms with Crippen molar-refractivity contribution in [3.05, 3.63) is 29.3 Å². The maximum absolute atomic E-state index is 5.96. The van der Waals surface area contributed by atoms with Crippen LogP contribution in [-0.4, -0.2) is 32.9 Å². The Labute approximate surface area is 117 Å². The molecule has 1 aromatic rings. The Hall–Kier alpha value is -1.06. The van der Waals surface area contributed by atoms with Gasteiger partial charge in [-0.2, -0.15) is 0 Å². The summed E-state index contributed by atoms with van der Waals surface area (Å²) >= 11 is 0. The first kappa shape index (κ1) is 16.0. The average Bonchev–Trinajstić information content (AvgIpc) is 2.34. The van der Waals surface area contributed by atoms with Gasteiger partial charge in [-0.1, -0.05) is 19.9 Å². The highest BCUT2D eigenvalue weighted by molar-refractivity contribution is 5.35. The molecule has 0 aromatic heterocycles. The number of aryl methyl sites for hydroxylation is 1. The molecule has 0 aliphatic heterocycles. The standard InChI is InChI=1S/C16H27NO2/c1-12(2)15-8-13(3)9-16(10-15)19-14(4)11-17-6-7-18-5/h8-10,12,14,17H,6-7,11H2,1-5H3. The second-order valence-corrected chi connectivity index (χ2v) is 5.36. The number of nitrogens with one attached hydrogen (secondary N) is 1. The largest absolute Gasteiger partial charge is 0.489 e. The Bertz CT molecular complexity index is 377. The molecule has 1 rings (SSSR count). The smallest absolute Gasteiger partial charge is 0.120 e. The highest BCUT2D eigenvalue weighted by Gasteiger charge is 2.07. The van der Waals surface area contributed by atoms with Crippen molar-refractivity contribution >= 4 is 0 Å². The van der Waals surface area contributed by atoms with Crippen LogP contribution in [0.1, 0.15) is 37.8 Å². The Morgan fingerprint density at radius 1 is 1.16 bits per heavy atom. The molecule has 0 saturated carbocycles. The lowest BCUT2D eigenvalue weighted by atomic mass is 10.0. The zero-order chi connectivity index (χ0) is 14.3. The van der Waals surface area contributed by atoms with Crippen molar-refractivity contribution in [1.82, 2.24) is 5.32 Å². The molecule has 0 fully saturated rings. The van der Waals surface area contributed by atoms with E-state index in [0.717, 1.165) is 25.4 Å². The van der Waals surface area contributed by atoms with Gasteiger partial charge in [0.2, 0.25) is 0 Å². The molecular weight excluding hydrogens is 238 g/mol. The van der Waals surface area contributed by atoms with Crippen LogP contribution in [-0.2, 0) is 4.74 Å². The second-order valence-electron chi connectivity index (χ2n) is 5.36. The zero-order valence-corrected chi connectivity index (χ0v) is 12.8. The number of ether oxygens (including phenoxy) is 2. The normalized spacial score (nSPS) is 12.7. The molecule has 1 atom stereocenters. The van der Waals surface area contributed by atoms with Crippen LogP contribution in [0, 0.1) is 6.92 Å². The summed E-state index contributed by atoms with van der Waals surface area (Å²) in [5.74, 6) is 1.49. The van der Waals surface area contributed by atoms with Gasteiger partial charge >= 0.3 is 0 Å². The fourth-order valence-corrected chi connectivity index (χ4v) is 1.93. The van der Waals surface area contributed by atoms with Crippen LogP contribution in [0.15, 0.2) is 18.2 Å². The van der Waals surface area contributed by atoms with Crippen molar-refractivity contribution in [1.29, 1.82) is 0 Å². The lowest BCUT2D eigenvalue weighted by molar-refractivity contribution is 0.184. The maximum atomic E-state index is 5.96. The summed E-state index contributed by atoms with van der Waals surface area (Å²) in [6.45, 7) is 11.0. The molecule has 0 saturated heterocycles. The predicted molar refractivity (Wildman–Crippen MR) is 80.1 cm³/mol. The van der Waals surface area contributed by atoms with Crippen LogP contribution >= 0.6 is 0 Å². The molecule has 0 amide bonds. The van der Waals surface area contributed by atoms with Gasteiger partial charge in [-0.3, -0.25) is 0 Å². The number of hydrogen-bond donors (Lipinski definition) is 1. The van der Waals surface area contributed by atoms with Crippen LogP contribution in [0.2, 0.25) is 0 Å². The maximum Gasteiger partial charge on any atom is 0.120 e. The summed E-state index contributed by atoms with van der Waals surface area (Å²) in [5.41, 5.74) is 2.58. The van der Waals surface area contributed by atoms with Crippen molar-refractivity contribution < 1.29 is 9.47 Å². The highest BCUT2D eigenvalue weighted by atomic mass is 16.5.